The summed E-state index contributed by atoms with van der Waals surface area (Å²) in [7, 11) is 0. The van der Waals surface area contributed by atoms with Crippen LogP contribution in [0.4, 0.5) is 0 Å². The van der Waals surface area contributed by atoms with Crippen molar-refractivity contribution in [1.82, 2.24) is 5.32 Å². The molecule has 0 heterocycles. The van der Waals surface area contributed by atoms with Gasteiger partial charge in [0.05, 0.1) is 25.2 Å². The van der Waals surface area contributed by atoms with Gasteiger partial charge in [-0.05, 0) is 44.9 Å². The first-order chi connectivity index (χ1) is 27.5. The van der Waals surface area contributed by atoms with Crippen molar-refractivity contribution in [1.29, 1.82) is 0 Å². The molecule has 6 nitrogen and oxygen atoms in total. The average Bonchev–Trinajstić information content (AvgIpc) is 3.19. The molecule has 0 aliphatic rings. The fourth-order valence-corrected chi connectivity index (χ4v) is 6.38. The Balaban J connectivity index is 4.74. The number of amides is 1. The van der Waals surface area contributed by atoms with Crippen LogP contribution < -0.4 is 5.32 Å². The molecular formula is C50H85NO5. The maximum absolute atomic E-state index is 13.1. The van der Waals surface area contributed by atoms with Crippen molar-refractivity contribution in [3.63, 3.8) is 0 Å². The predicted molar refractivity (Wildman–Crippen MR) is 241 cm³/mol. The molecule has 0 fully saturated rings. The van der Waals surface area contributed by atoms with Crippen LogP contribution in [0.3, 0.4) is 0 Å². The quantitative estimate of drug-likeness (QED) is 0.0328. The van der Waals surface area contributed by atoms with Gasteiger partial charge < -0.3 is 20.3 Å². The Morgan fingerprint density at radius 2 is 1.00 bits per heavy atom. The molecule has 0 spiro atoms. The number of aliphatic hydroxyl groups is 2. The van der Waals surface area contributed by atoms with Gasteiger partial charge in [0, 0.05) is 12.8 Å². The Labute approximate surface area is 344 Å². The standard InChI is InChI=1S/C50H85NO5/c1-4-7-10-13-16-19-22-23-24-25-28-31-34-37-40-43-50(55)56-46(41-38-35-32-29-26-20-17-14-11-8-5-2)44-49(54)51-47(45-52)48(53)42-39-36-33-30-27-21-18-15-12-9-6-3/h8,11,14,16-17,19-20,22-23,26,29,32,35,38,46-48,52-53H,4-7,9-10,12-13,15,18,21,24-25,27-28,30-31,33-34,36-37,39-45H2,1-3H3,(H,51,54)/b11-8+,17-14+,19-16+,23-22+,26-20-,32-29-,38-35+. The Kier molecular flexibility index (Phi) is 40.9. The van der Waals surface area contributed by atoms with Crippen LogP contribution in [0, 0.1) is 0 Å². The first kappa shape index (κ1) is 53.0. The summed E-state index contributed by atoms with van der Waals surface area (Å²) in [6, 6.07) is -0.744. The van der Waals surface area contributed by atoms with Crippen LogP contribution in [0.5, 0.6) is 0 Å². The van der Waals surface area contributed by atoms with Crippen molar-refractivity contribution in [2.45, 2.75) is 212 Å². The monoisotopic (exact) mass is 780 g/mol. The number of esters is 1. The third kappa shape index (κ3) is 37.9. The molecule has 0 rings (SSSR count). The van der Waals surface area contributed by atoms with Crippen molar-refractivity contribution in [3.8, 4) is 0 Å². The lowest BCUT2D eigenvalue weighted by Gasteiger charge is -2.24. The van der Waals surface area contributed by atoms with Crippen molar-refractivity contribution >= 4 is 11.9 Å². The van der Waals surface area contributed by atoms with E-state index >= 15 is 0 Å². The zero-order valence-electron chi connectivity index (χ0n) is 36.2. The molecule has 0 aliphatic carbocycles. The van der Waals surface area contributed by atoms with Gasteiger partial charge in [0.2, 0.25) is 5.91 Å². The van der Waals surface area contributed by atoms with E-state index in [1.165, 1.54) is 89.9 Å². The number of aliphatic hydroxyl groups excluding tert-OH is 2. The number of hydrogen-bond acceptors (Lipinski definition) is 5. The number of rotatable bonds is 39. The fraction of sp³-hybridized carbons (Fsp3) is 0.680. The summed E-state index contributed by atoms with van der Waals surface area (Å²) in [5, 5.41) is 23.6. The summed E-state index contributed by atoms with van der Waals surface area (Å²) in [6.07, 6.45) is 55.2. The number of hydrogen-bond donors (Lipinski definition) is 3. The minimum atomic E-state index is -0.821. The third-order valence-electron chi connectivity index (χ3n) is 9.87. The third-order valence-corrected chi connectivity index (χ3v) is 9.87. The molecule has 320 valence electrons. The van der Waals surface area contributed by atoms with E-state index in [1.54, 1.807) is 0 Å². The molecule has 0 saturated heterocycles. The molecule has 56 heavy (non-hydrogen) atoms. The van der Waals surface area contributed by atoms with Crippen LogP contribution >= 0.6 is 0 Å². The number of carbonyl (C=O) groups is 2. The number of allylic oxidation sites excluding steroid dienone is 13. The normalized spacial score (nSPS) is 14.2. The van der Waals surface area contributed by atoms with Gasteiger partial charge >= 0.3 is 5.97 Å². The second kappa shape index (κ2) is 43.2. The molecule has 3 N–H and O–H groups in total. The zero-order chi connectivity index (χ0) is 41.0. The number of nitrogens with one attached hydrogen (secondary N) is 1. The molecule has 0 bridgehead atoms. The zero-order valence-corrected chi connectivity index (χ0v) is 36.2. The lowest BCUT2D eigenvalue weighted by atomic mass is 10.0. The molecule has 0 aliphatic heterocycles. The Morgan fingerprint density at radius 3 is 1.55 bits per heavy atom. The van der Waals surface area contributed by atoms with E-state index in [9.17, 15) is 19.8 Å². The summed E-state index contributed by atoms with van der Waals surface area (Å²) in [6.45, 7) is 6.23. The van der Waals surface area contributed by atoms with Gasteiger partial charge in [-0.2, -0.15) is 0 Å². The molecule has 0 radical (unpaired) electrons. The highest BCUT2D eigenvalue weighted by Gasteiger charge is 2.23. The lowest BCUT2D eigenvalue weighted by molar-refractivity contribution is -0.150. The van der Waals surface area contributed by atoms with Crippen molar-refractivity contribution in [3.05, 3.63) is 85.1 Å². The van der Waals surface area contributed by atoms with E-state index in [0.29, 0.717) is 19.3 Å². The van der Waals surface area contributed by atoms with E-state index in [0.717, 1.165) is 57.8 Å². The van der Waals surface area contributed by atoms with Crippen LogP contribution in [0.15, 0.2) is 85.1 Å². The van der Waals surface area contributed by atoms with Crippen LogP contribution in [-0.2, 0) is 14.3 Å². The second-order valence-electron chi connectivity index (χ2n) is 15.2. The summed E-state index contributed by atoms with van der Waals surface area (Å²) < 4.78 is 5.81. The van der Waals surface area contributed by atoms with Crippen molar-refractivity contribution in [2.75, 3.05) is 6.61 Å². The van der Waals surface area contributed by atoms with Gasteiger partial charge in [0.15, 0.2) is 0 Å². The highest BCUT2D eigenvalue weighted by molar-refractivity contribution is 5.77. The number of carbonyl (C=O) groups excluding carboxylic acids is 2. The van der Waals surface area contributed by atoms with E-state index < -0.39 is 18.2 Å². The second-order valence-corrected chi connectivity index (χ2v) is 15.2. The smallest absolute Gasteiger partial charge is 0.306 e. The Bertz CT molecular complexity index is 1100. The van der Waals surface area contributed by atoms with E-state index in [2.05, 4.69) is 56.5 Å². The maximum atomic E-state index is 13.1. The van der Waals surface area contributed by atoms with Crippen LogP contribution in [0.25, 0.3) is 0 Å². The van der Waals surface area contributed by atoms with Gasteiger partial charge in [-0.1, -0.05) is 215 Å². The van der Waals surface area contributed by atoms with Gasteiger partial charge in [0.1, 0.15) is 6.10 Å². The summed E-state index contributed by atoms with van der Waals surface area (Å²) in [5.41, 5.74) is 0. The lowest BCUT2D eigenvalue weighted by Crippen LogP contribution is -2.46. The Morgan fingerprint density at radius 1 is 0.554 bits per heavy atom. The van der Waals surface area contributed by atoms with Crippen molar-refractivity contribution < 1.29 is 24.5 Å². The van der Waals surface area contributed by atoms with E-state index in [1.807, 2.05) is 54.7 Å². The molecule has 6 heteroatoms. The highest BCUT2D eigenvalue weighted by atomic mass is 16.5. The number of unbranched alkanes of at least 4 members (excludes halogenated alkanes) is 19. The highest BCUT2D eigenvalue weighted by Crippen LogP contribution is 2.15. The molecule has 0 saturated carbocycles. The molecule has 3 unspecified atom stereocenters. The van der Waals surface area contributed by atoms with Gasteiger partial charge in [-0.3, -0.25) is 9.59 Å². The first-order valence-electron chi connectivity index (χ1n) is 22.9. The summed E-state index contributed by atoms with van der Waals surface area (Å²) >= 11 is 0. The summed E-state index contributed by atoms with van der Waals surface area (Å²) in [4.78, 5) is 25.9. The maximum Gasteiger partial charge on any atom is 0.306 e. The predicted octanol–water partition coefficient (Wildman–Crippen LogP) is 13.2. The van der Waals surface area contributed by atoms with E-state index in [-0.39, 0.29) is 24.9 Å². The fourth-order valence-electron chi connectivity index (χ4n) is 6.38. The molecular weight excluding hydrogens is 695 g/mol. The van der Waals surface area contributed by atoms with Gasteiger partial charge in [-0.15, -0.1) is 0 Å². The van der Waals surface area contributed by atoms with Gasteiger partial charge in [0.25, 0.3) is 0 Å². The molecule has 0 aromatic heterocycles. The van der Waals surface area contributed by atoms with Gasteiger partial charge in [-0.25, -0.2) is 0 Å². The SMILES string of the molecule is CC/C=C/C=C/C=C\C=C/C=C/CC(CC(=O)NC(CO)C(O)CCCCCCCCCCCCC)OC(=O)CCCCCCCC/C=C/C=C/CCCCC. The topological polar surface area (TPSA) is 95.9 Å². The molecule has 0 aromatic rings. The first-order valence-corrected chi connectivity index (χ1v) is 22.9. The average molecular weight is 780 g/mol. The van der Waals surface area contributed by atoms with E-state index in [4.69, 9.17) is 4.74 Å². The molecule has 1 amide bonds. The minimum absolute atomic E-state index is 0.0273. The molecule has 0 aromatic carbocycles. The minimum Gasteiger partial charge on any atom is -0.461 e. The van der Waals surface area contributed by atoms with Crippen LogP contribution in [0.1, 0.15) is 194 Å². The van der Waals surface area contributed by atoms with Crippen LogP contribution in [-0.4, -0.2) is 46.9 Å². The number of ether oxygens (including phenoxy) is 1. The summed E-state index contributed by atoms with van der Waals surface area (Å²) in [5.74, 6) is -0.629. The largest absolute Gasteiger partial charge is 0.461 e. The Hall–Kier alpha value is -2.96. The van der Waals surface area contributed by atoms with Crippen LogP contribution in [0.2, 0.25) is 0 Å². The van der Waals surface area contributed by atoms with Crippen molar-refractivity contribution in [2.24, 2.45) is 0 Å². The molecule has 3 atom stereocenters.